The maximum Gasteiger partial charge on any atom is 0.408 e. The minimum Gasteiger partial charge on any atom is -0.508 e. The van der Waals surface area contributed by atoms with Crippen molar-refractivity contribution in [1.82, 2.24) is 10.2 Å². The molecule has 0 aliphatic rings. The highest BCUT2D eigenvalue weighted by Gasteiger charge is 2.35. The van der Waals surface area contributed by atoms with Crippen molar-refractivity contribution < 1.29 is 24.2 Å². The molecule has 2 rings (SSSR count). The van der Waals surface area contributed by atoms with Gasteiger partial charge in [0.25, 0.3) is 5.91 Å². The van der Waals surface area contributed by atoms with Crippen LogP contribution in [0.25, 0.3) is 0 Å². The number of anilines is 1. The quantitative estimate of drug-likeness (QED) is 0.468. The number of amides is 3. The Morgan fingerprint density at radius 2 is 1.64 bits per heavy atom. The lowest BCUT2D eigenvalue weighted by Crippen LogP contribution is -2.51. The Morgan fingerprint density at radius 1 is 1.03 bits per heavy atom. The van der Waals surface area contributed by atoms with Crippen LogP contribution in [0.15, 0.2) is 36.4 Å². The molecular formula is C28H39N3O5. The van der Waals surface area contributed by atoms with Crippen molar-refractivity contribution in [3.8, 4) is 5.75 Å². The lowest BCUT2D eigenvalue weighted by atomic mass is 9.99. The molecule has 3 amide bonds. The first kappa shape index (κ1) is 28.7. The predicted molar refractivity (Wildman–Crippen MR) is 141 cm³/mol. The highest BCUT2D eigenvalue weighted by Crippen LogP contribution is 2.29. The number of phenolic OH excluding ortho intramolecular Hbond substituents is 1. The van der Waals surface area contributed by atoms with Gasteiger partial charge in [-0.3, -0.25) is 9.59 Å². The first-order valence-corrected chi connectivity index (χ1v) is 12.2. The molecule has 0 heterocycles. The van der Waals surface area contributed by atoms with Crippen LogP contribution < -0.4 is 10.6 Å². The molecule has 0 saturated heterocycles. The predicted octanol–water partition coefficient (Wildman–Crippen LogP) is 5.15. The van der Waals surface area contributed by atoms with Crippen molar-refractivity contribution in [2.45, 2.75) is 79.5 Å². The highest BCUT2D eigenvalue weighted by molar-refractivity contribution is 5.99. The van der Waals surface area contributed by atoms with Crippen LogP contribution in [-0.4, -0.2) is 46.1 Å². The van der Waals surface area contributed by atoms with Gasteiger partial charge >= 0.3 is 6.09 Å². The number of nitrogens with one attached hydrogen (secondary N) is 2. The summed E-state index contributed by atoms with van der Waals surface area (Å²) in [5.41, 5.74) is 2.91. The molecule has 0 saturated carbocycles. The summed E-state index contributed by atoms with van der Waals surface area (Å²) >= 11 is 0. The minimum atomic E-state index is -0.987. The SMILES string of the molecule is CCCN(C(=O)C(C)NC(=O)OC(C)(C)C)C(C(=O)Nc1c(C)cccc1C)c1ccc(O)c(C)c1. The molecule has 8 heteroatoms. The van der Waals surface area contributed by atoms with Crippen molar-refractivity contribution >= 4 is 23.6 Å². The summed E-state index contributed by atoms with van der Waals surface area (Å²) in [7, 11) is 0. The number of hydrogen-bond acceptors (Lipinski definition) is 5. The van der Waals surface area contributed by atoms with Gasteiger partial charge < -0.3 is 25.4 Å². The second-order valence-electron chi connectivity index (χ2n) is 10.1. The summed E-state index contributed by atoms with van der Waals surface area (Å²) in [6.07, 6.45) is -0.119. The van der Waals surface area contributed by atoms with Crippen molar-refractivity contribution in [1.29, 1.82) is 0 Å². The second-order valence-corrected chi connectivity index (χ2v) is 10.1. The monoisotopic (exact) mass is 497 g/mol. The van der Waals surface area contributed by atoms with Crippen LogP contribution in [0.5, 0.6) is 5.75 Å². The largest absolute Gasteiger partial charge is 0.508 e. The standard InChI is InChI=1S/C28H39N3O5/c1-9-15-31(26(34)20(5)29-27(35)36-28(6,7)8)24(21-13-14-22(32)19(4)16-21)25(33)30-23-17(2)11-10-12-18(23)3/h10-14,16,20,24,32H,9,15H2,1-8H3,(H,29,35)(H,30,33). The number of aromatic hydroxyl groups is 1. The minimum absolute atomic E-state index is 0.0981. The van der Waals surface area contributed by atoms with Crippen molar-refractivity contribution in [2.75, 3.05) is 11.9 Å². The second kappa shape index (κ2) is 11.9. The molecule has 2 atom stereocenters. The van der Waals surface area contributed by atoms with Crippen LogP contribution in [0, 0.1) is 20.8 Å². The molecule has 0 aliphatic heterocycles. The van der Waals surface area contributed by atoms with Crippen molar-refractivity contribution in [2.24, 2.45) is 0 Å². The van der Waals surface area contributed by atoms with Crippen LogP contribution in [0.2, 0.25) is 0 Å². The average molecular weight is 498 g/mol. The number of nitrogens with zero attached hydrogens (tertiary/aromatic N) is 1. The molecule has 0 aromatic heterocycles. The lowest BCUT2D eigenvalue weighted by molar-refractivity contribution is -0.140. The third-order valence-corrected chi connectivity index (χ3v) is 5.68. The Kier molecular flexibility index (Phi) is 9.50. The van der Waals surface area contributed by atoms with Crippen LogP contribution in [-0.2, 0) is 14.3 Å². The molecule has 0 bridgehead atoms. The van der Waals surface area contributed by atoms with Crippen LogP contribution in [0.3, 0.4) is 0 Å². The van der Waals surface area contributed by atoms with E-state index in [1.165, 1.54) is 11.0 Å². The lowest BCUT2D eigenvalue weighted by Gasteiger charge is -2.34. The van der Waals surface area contributed by atoms with Crippen molar-refractivity contribution in [3.05, 3.63) is 58.7 Å². The molecule has 196 valence electrons. The normalized spacial score (nSPS) is 12.9. The van der Waals surface area contributed by atoms with Crippen LogP contribution in [0.1, 0.15) is 69.3 Å². The third kappa shape index (κ3) is 7.47. The summed E-state index contributed by atoms with van der Waals surface area (Å²) in [6, 6.07) is 8.66. The Balaban J connectivity index is 2.47. The van der Waals surface area contributed by atoms with E-state index in [2.05, 4.69) is 10.6 Å². The number of carbonyl (C=O) groups excluding carboxylic acids is 3. The van der Waals surface area contributed by atoms with Gasteiger partial charge in [-0.2, -0.15) is 0 Å². The summed E-state index contributed by atoms with van der Waals surface area (Å²) < 4.78 is 5.30. The van der Waals surface area contributed by atoms with E-state index < -0.39 is 29.7 Å². The third-order valence-electron chi connectivity index (χ3n) is 5.68. The maximum atomic E-state index is 13.8. The Hall–Kier alpha value is -3.55. The molecule has 2 aromatic carbocycles. The van der Waals surface area contributed by atoms with Gasteiger partial charge in [0.1, 0.15) is 23.4 Å². The fraction of sp³-hybridized carbons (Fsp3) is 0.464. The smallest absolute Gasteiger partial charge is 0.408 e. The van der Waals surface area contributed by atoms with E-state index in [0.717, 1.165) is 11.1 Å². The van der Waals surface area contributed by atoms with Gasteiger partial charge in [0.05, 0.1) is 0 Å². The van der Waals surface area contributed by atoms with E-state index in [4.69, 9.17) is 4.74 Å². The first-order chi connectivity index (χ1) is 16.7. The van der Waals surface area contributed by atoms with Crippen LogP contribution in [0.4, 0.5) is 10.5 Å². The first-order valence-electron chi connectivity index (χ1n) is 12.2. The zero-order chi connectivity index (χ0) is 27.2. The van der Waals surface area contributed by atoms with Gasteiger partial charge in [0, 0.05) is 12.2 Å². The Morgan fingerprint density at radius 3 is 2.17 bits per heavy atom. The molecule has 3 N–H and O–H groups in total. The van der Waals surface area contributed by atoms with Gasteiger partial charge in [-0.15, -0.1) is 0 Å². The van der Waals surface area contributed by atoms with Crippen molar-refractivity contribution in [3.63, 3.8) is 0 Å². The zero-order valence-corrected chi connectivity index (χ0v) is 22.6. The molecule has 36 heavy (non-hydrogen) atoms. The number of rotatable bonds is 8. The fourth-order valence-electron chi connectivity index (χ4n) is 3.93. The molecule has 0 fully saturated rings. The van der Waals surface area contributed by atoms with E-state index in [0.29, 0.717) is 23.2 Å². The summed E-state index contributed by atoms with van der Waals surface area (Å²) in [5.74, 6) is -0.708. The van der Waals surface area contributed by atoms with E-state index >= 15 is 0 Å². The highest BCUT2D eigenvalue weighted by atomic mass is 16.6. The summed E-state index contributed by atoms with van der Waals surface area (Å²) in [4.78, 5) is 41.2. The Labute approximate surface area is 214 Å². The van der Waals surface area contributed by atoms with Gasteiger partial charge in [-0.1, -0.05) is 31.2 Å². The molecule has 0 radical (unpaired) electrons. The average Bonchev–Trinajstić information content (AvgIpc) is 2.76. The van der Waals surface area contributed by atoms with Crippen LogP contribution >= 0.6 is 0 Å². The molecule has 2 aromatic rings. The summed E-state index contributed by atoms with van der Waals surface area (Å²) in [5, 5.41) is 15.7. The summed E-state index contributed by atoms with van der Waals surface area (Å²) in [6.45, 7) is 14.5. The van der Waals surface area contributed by atoms with Gasteiger partial charge in [-0.25, -0.2) is 4.79 Å². The zero-order valence-electron chi connectivity index (χ0n) is 22.6. The molecule has 0 aliphatic carbocycles. The number of hydrogen-bond donors (Lipinski definition) is 3. The van der Waals surface area contributed by atoms with Gasteiger partial charge in [-0.05, 0) is 89.3 Å². The van der Waals surface area contributed by atoms with E-state index in [1.807, 2.05) is 39.0 Å². The Bertz CT molecular complexity index is 1090. The molecule has 0 spiro atoms. The number of aryl methyl sites for hydroxylation is 3. The topological polar surface area (TPSA) is 108 Å². The molecule has 2 unspecified atom stereocenters. The number of benzene rings is 2. The number of carbonyl (C=O) groups is 3. The van der Waals surface area contributed by atoms with E-state index in [-0.39, 0.29) is 18.2 Å². The number of alkyl carbamates (subject to hydrolysis) is 1. The van der Waals surface area contributed by atoms with E-state index in [9.17, 15) is 19.5 Å². The molecular weight excluding hydrogens is 458 g/mol. The molecule has 8 nitrogen and oxygen atoms in total. The maximum absolute atomic E-state index is 13.8. The number of phenols is 1. The number of para-hydroxylation sites is 1. The van der Waals surface area contributed by atoms with Gasteiger partial charge in [0.15, 0.2) is 0 Å². The fourth-order valence-corrected chi connectivity index (χ4v) is 3.93. The number of ether oxygens (including phenoxy) is 1. The van der Waals surface area contributed by atoms with Gasteiger partial charge in [0.2, 0.25) is 5.91 Å². The van der Waals surface area contributed by atoms with E-state index in [1.54, 1.807) is 46.8 Å².